The van der Waals surface area contributed by atoms with Gasteiger partial charge in [-0.2, -0.15) is 8.42 Å². The van der Waals surface area contributed by atoms with Gasteiger partial charge < -0.3 is 35.2 Å². The van der Waals surface area contributed by atoms with Crippen LogP contribution in [-0.2, 0) is 28.9 Å². The molecular formula is C38H73NO11S. The number of aliphatic hydroxyl groups excluding tert-OH is 4. The predicted molar refractivity (Wildman–Crippen MR) is 199 cm³/mol. The standard InChI is InChI=1S/C38H73NO11S/c1-3-5-7-9-11-13-15-16-18-19-21-23-25-27-32(41)31(39-34(42)28-26-24-22-20-17-14-12-10-8-6-4-2)30-48-38-36(44)37(50-51(45,46)47)35(43)33(29-40)49-38/h25,27,31-33,35-38,40-41,43-44H,3-24,26,28-30H2,1-2H3,(H,39,42)(H,45,46,47)/t31-,32+,33+,35-,36?,37?,38+/m0/s1. The van der Waals surface area contributed by atoms with E-state index in [1.165, 1.54) is 103 Å². The molecule has 7 atom stereocenters. The summed E-state index contributed by atoms with van der Waals surface area (Å²) in [6, 6.07) is -0.935. The molecule has 12 nitrogen and oxygen atoms in total. The third-order valence-corrected chi connectivity index (χ3v) is 10.0. The summed E-state index contributed by atoms with van der Waals surface area (Å²) in [7, 11) is -5.07. The molecule has 0 aromatic heterocycles. The molecule has 1 saturated heterocycles. The molecule has 1 aliphatic rings. The summed E-state index contributed by atoms with van der Waals surface area (Å²) in [5, 5.41) is 44.4. The highest BCUT2D eigenvalue weighted by Crippen LogP contribution is 2.26. The van der Waals surface area contributed by atoms with Crippen LogP contribution in [0.15, 0.2) is 12.2 Å². The Kier molecular flexibility index (Phi) is 28.3. The van der Waals surface area contributed by atoms with Crippen LogP contribution >= 0.6 is 0 Å². The van der Waals surface area contributed by atoms with E-state index >= 15 is 0 Å². The Bertz CT molecular complexity index is 983. The van der Waals surface area contributed by atoms with Gasteiger partial charge >= 0.3 is 10.4 Å². The van der Waals surface area contributed by atoms with Crippen LogP contribution in [0.5, 0.6) is 0 Å². The number of nitrogens with one attached hydrogen (secondary N) is 1. The largest absolute Gasteiger partial charge is 0.397 e. The lowest BCUT2D eigenvalue weighted by molar-refractivity contribution is -0.298. The van der Waals surface area contributed by atoms with Gasteiger partial charge in [-0.1, -0.05) is 154 Å². The molecule has 0 aromatic carbocycles. The number of carbonyl (C=O) groups is 1. The summed E-state index contributed by atoms with van der Waals surface area (Å²) in [6.07, 6.45) is 21.2. The van der Waals surface area contributed by atoms with E-state index in [-0.39, 0.29) is 18.9 Å². The Hall–Kier alpha value is -1.16. The van der Waals surface area contributed by atoms with Crippen LogP contribution in [0, 0.1) is 0 Å². The zero-order chi connectivity index (χ0) is 37.7. The second-order valence-corrected chi connectivity index (χ2v) is 15.3. The lowest BCUT2D eigenvalue weighted by Gasteiger charge is -2.41. The molecule has 0 spiro atoms. The SMILES string of the molecule is CCCCCCCCCCCCCC=C[C@@H](O)[C@H](CO[C@@H]1O[C@H](CO)[C@H](O)C(OS(=O)(=O)O)C1O)NC(=O)CCCCCCCCCCCCC. The minimum Gasteiger partial charge on any atom is -0.394 e. The van der Waals surface area contributed by atoms with Crippen LogP contribution in [0.25, 0.3) is 0 Å². The molecule has 0 bridgehead atoms. The molecule has 1 aliphatic heterocycles. The second kappa shape index (κ2) is 30.2. The van der Waals surface area contributed by atoms with Crippen LogP contribution in [0.2, 0.25) is 0 Å². The Labute approximate surface area is 309 Å². The third kappa shape index (κ3) is 24.0. The summed E-state index contributed by atoms with van der Waals surface area (Å²) in [5.41, 5.74) is 0. The average molecular weight is 752 g/mol. The van der Waals surface area contributed by atoms with Crippen molar-refractivity contribution in [2.24, 2.45) is 0 Å². The Balaban J connectivity index is 2.63. The van der Waals surface area contributed by atoms with Crippen molar-refractivity contribution < 1.29 is 51.8 Å². The van der Waals surface area contributed by atoms with Crippen molar-refractivity contribution >= 4 is 16.3 Å². The number of ether oxygens (including phenoxy) is 2. The number of unbranched alkanes of at least 4 members (excludes halogenated alkanes) is 21. The molecule has 1 heterocycles. The van der Waals surface area contributed by atoms with Gasteiger partial charge in [-0.05, 0) is 19.3 Å². The average Bonchev–Trinajstić information content (AvgIpc) is 3.09. The first-order chi connectivity index (χ1) is 24.5. The first kappa shape index (κ1) is 47.9. The molecule has 51 heavy (non-hydrogen) atoms. The van der Waals surface area contributed by atoms with Gasteiger partial charge in [-0.3, -0.25) is 9.35 Å². The van der Waals surface area contributed by atoms with Gasteiger partial charge in [0.2, 0.25) is 5.91 Å². The first-order valence-corrected chi connectivity index (χ1v) is 21.4. The maximum atomic E-state index is 12.9. The van der Waals surface area contributed by atoms with Gasteiger partial charge in [0.25, 0.3) is 0 Å². The van der Waals surface area contributed by atoms with E-state index in [9.17, 15) is 33.6 Å². The first-order valence-electron chi connectivity index (χ1n) is 20.1. The van der Waals surface area contributed by atoms with Gasteiger partial charge in [-0.15, -0.1) is 0 Å². The van der Waals surface area contributed by atoms with Crippen molar-refractivity contribution in [2.75, 3.05) is 13.2 Å². The molecule has 13 heteroatoms. The summed E-state index contributed by atoms with van der Waals surface area (Å²) in [6.45, 7) is 3.34. The fraction of sp³-hybridized carbons (Fsp3) is 0.921. The zero-order valence-electron chi connectivity index (χ0n) is 31.7. The second-order valence-electron chi connectivity index (χ2n) is 14.2. The maximum Gasteiger partial charge on any atom is 0.397 e. The number of rotatable bonds is 33. The van der Waals surface area contributed by atoms with E-state index in [1.807, 2.05) is 6.08 Å². The highest BCUT2D eigenvalue weighted by molar-refractivity contribution is 7.80. The molecule has 2 unspecified atom stereocenters. The van der Waals surface area contributed by atoms with Crippen molar-refractivity contribution in [1.29, 1.82) is 0 Å². The van der Waals surface area contributed by atoms with E-state index in [4.69, 9.17) is 14.0 Å². The fourth-order valence-corrected chi connectivity index (χ4v) is 6.90. The molecule has 0 radical (unpaired) electrons. The minimum atomic E-state index is -5.07. The van der Waals surface area contributed by atoms with Crippen molar-refractivity contribution in [2.45, 2.75) is 211 Å². The predicted octanol–water partition coefficient (Wildman–Crippen LogP) is 6.43. The lowest BCUT2D eigenvalue weighted by Crippen LogP contribution is -2.61. The van der Waals surface area contributed by atoms with Crippen molar-refractivity contribution in [3.8, 4) is 0 Å². The minimum absolute atomic E-state index is 0.265. The van der Waals surface area contributed by atoms with E-state index < -0.39 is 59.9 Å². The molecule has 1 amide bonds. The number of hydrogen-bond donors (Lipinski definition) is 6. The van der Waals surface area contributed by atoms with Gasteiger partial charge in [0.05, 0.1) is 25.4 Å². The Morgan fingerprint density at radius 2 is 1.24 bits per heavy atom. The highest BCUT2D eigenvalue weighted by atomic mass is 32.3. The van der Waals surface area contributed by atoms with Crippen LogP contribution in [0.3, 0.4) is 0 Å². The molecule has 302 valence electrons. The summed E-state index contributed by atoms with van der Waals surface area (Å²) in [5.74, 6) is -0.265. The monoisotopic (exact) mass is 751 g/mol. The van der Waals surface area contributed by atoms with Crippen LogP contribution < -0.4 is 5.32 Å². The van der Waals surface area contributed by atoms with Gasteiger partial charge in [0.15, 0.2) is 6.29 Å². The normalized spacial score (nSPS) is 22.4. The van der Waals surface area contributed by atoms with E-state index in [2.05, 4.69) is 23.3 Å². The Morgan fingerprint density at radius 1 is 0.765 bits per heavy atom. The maximum absolute atomic E-state index is 12.9. The van der Waals surface area contributed by atoms with Crippen molar-refractivity contribution in [1.82, 2.24) is 5.32 Å². The van der Waals surface area contributed by atoms with E-state index in [0.717, 1.165) is 38.5 Å². The number of aliphatic hydroxyl groups is 4. The number of amides is 1. The third-order valence-electron chi connectivity index (χ3n) is 9.57. The Morgan fingerprint density at radius 3 is 1.71 bits per heavy atom. The molecule has 1 rings (SSSR count). The highest BCUT2D eigenvalue weighted by Gasteiger charge is 2.48. The molecule has 6 N–H and O–H groups in total. The number of hydrogen-bond acceptors (Lipinski definition) is 10. The van der Waals surface area contributed by atoms with E-state index in [1.54, 1.807) is 6.08 Å². The van der Waals surface area contributed by atoms with Gasteiger partial charge in [-0.25, -0.2) is 4.18 Å². The summed E-state index contributed by atoms with van der Waals surface area (Å²) >= 11 is 0. The smallest absolute Gasteiger partial charge is 0.394 e. The number of allylic oxidation sites excluding steroid dienone is 1. The van der Waals surface area contributed by atoms with Gasteiger partial charge in [0.1, 0.15) is 24.4 Å². The molecule has 0 aliphatic carbocycles. The molecular weight excluding hydrogens is 678 g/mol. The van der Waals surface area contributed by atoms with Crippen molar-refractivity contribution in [3.63, 3.8) is 0 Å². The quantitative estimate of drug-likeness (QED) is 0.0246. The van der Waals surface area contributed by atoms with Gasteiger partial charge in [0, 0.05) is 6.42 Å². The van der Waals surface area contributed by atoms with Crippen LogP contribution in [-0.4, -0.2) is 95.4 Å². The van der Waals surface area contributed by atoms with E-state index in [0.29, 0.717) is 6.42 Å². The van der Waals surface area contributed by atoms with Crippen LogP contribution in [0.4, 0.5) is 0 Å². The van der Waals surface area contributed by atoms with Crippen molar-refractivity contribution in [3.05, 3.63) is 12.2 Å². The summed E-state index contributed by atoms with van der Waals surface area (Å²) < 4.78 is 47.3. The number of carbonyl (C=O) groups excluding carboxylic acids is 1. The molecule has 1 fully saturated rings. The molecule has 0 aromatic rings. The molecule has 0 saturated carbocycles. The summed E-state index contributed by atoms with van der Waals surface area (Å²) in [4.78, 5) is 12.9. The van der Waals surface area contributed by atoms with Crippen LogP contribution in [0.1, 0.15) is 168 Å². The fourth-order valence-electron chi connectivity index (χ4n) is 6.39. The lowest BCUT2D eigenvalue weighted by atomic mass is 9.99. The topological polar surface area (TPSA) is 192 Å². The zero-order valence-corrected chi connectivity index (χ0v) is 32.5.